The number of pyridine rings is 1. The van der Waals surface area contributed by atoms with Crippen molar-refractivity contribution in [2.75, 3.05) is 25.5 Å². The molecular formula is C17H19Cl2N3O. The highest BCUT2D eigenvalue weighted by molar-refractivity contribution is 6.35. The molecule has 1 heterocycles. The van der Waals surface area contributed by atoms with E-state index < -0.39 is 0 Å². The molecule has 2 rings (SSSR count). The molecule has 1 aromatic carbocycles. The largest absolute Gasteiger partial charge is 0.383 e. The Kier molecular flexibility index (Phi) is 6.68. The Labute approximate surface area is 146 Å². The molecule has 23 heavy (non-hydrogen) atoms. The van der Waals surface area contributed by atoms with Crippen LogP contribution in [-0.2, 0) is 11.2 Å². The van der Waals surface area contributed by atoms with Gasteiger partial charge >= 0.3 is 0 Å². The van der Waals surface area contributed by atoms with Gasteiger partial charge in [-0.3, -0.25) is 9.78 Å². The zero-order valence-electron chi connectivity index (χ0n) is 12.9. The van der Waals surface area contributed by atoms with Crippen molar-refractivity contribution in [1.82, 2.24) is 9.88 Å². The van der Waals surface area contributed by atoms with Crippen LogP contribution in [0.3, 0.4) is 0 Å². The molecule has 0 atom stereocenters. The van der Waals surface area contributed by atoms with Crippen molar-refractivity contribution < 1.29 is 4.79 Å². The third-order valence-corrected chi connectivity index (χ3v) is 4.06. The number of nitrogens with one attached hydrogen (secondary N) is 1. The molecule has 0 saturated heterocycles. The van der Waals surface area contributed by atoms with Gasteiger partial charge in [0.1, 0.15) is 0 Å². The van der Waals surface area contributed by atoms with E-state index in [1.165, 1.54) is 5.56 Å². The van der Waals surface area contributed by atoms with E-state index in [1.807, 2.05) is 19.2 Å². The molecule has 0 aliphatic carbocycles. The molecular weight excluding hydrogens is 333 g/mol. The van der Waals surface area contributed by atoms with E-state index in [1.54, 1.807) is 35.5 Å². The topological polar surface area (TPSA) is 45.2 Å². The molecule has 0 radical (unpaired) electrons. The van der Waals surface area contributed by atoms with E-state index in [4.69, 9.17) is 23.2 Å². The Morgan fingerprint density at radius 3 is 2.70 bits per heavy atom. The molecule has 6 heteroatoms. The number of aromatic nitrogens is 1. The minimum absolute atomic E-state index is 0.0877. The van der Waals surface area contributed by atoms with Gasteiger partial charge in [0, 0.05) is 44.0 Å². The number of benzene rings is 1. The zero-order valence-corrected chi connectivity index (χ0v) is 14.4. The SMILES string of the molecule is CN(CCc1ccncc1)C(=O)CCNc1cc(Cl)ccc1Cl. The zero-order chi connectivity index (χ0) is 16.7. The summed E-state index contributed by atoms with van der Waals surface area (Å²) in [7, 11) is 1.82. The summed E-state index contributed by atoms with van der Waals surface area (Å²) in [5, 5.41) is 4.34. The van der Waals surface area contributed by atoms with Crippen LogP contribution in [0, 0.1) is 0 Å². The van der Waals surface area contributed by atoms with Gasteiger partial charge in [0.25, 0.3) is 0 Å². The third-order valence-electron chi connectivity index (χ3n) is 3.49. The fourth-order valence-electron chi connectivity index (χ4n) is 2.10. The Morgan fingerprint density at radius 2 is 1.96 bits per heavy atom. The molecule has 2 aromatic rings. The number of nitrogens with zero attached hydrogens (tertiary/aromatic N) is 2. The average Bonchev–Trinajstić information content (AvgIpc) is 2.56. The molecule has 1 N–H and O–H groups in total. The van der Waals surface area contributed by atoms with Crippen LogP contribution in [-0.4, -0.2) is 35.9 Å². The van der Waals surface area contributed by atoms with Crippen LogP contribution in [0.15, 0.2) is 42.7 Å². The monoisotopic (exact) mass is 351 g/mol. The number of amides is 1. The normalized spacial score (nSPS) is 10.4. The van der Waals surface area contributed by atoms with E-state index in [0.717, 1.165) is 12.1 Å². The van der Waals surface area contributed by atoms with Crippen LogP contribution >= 0.6 is 23.2 Å². The number of hydrogen-bond donors (Lipinski definition) is 1. The Balaban J connectivity index is 1.74. The van der Waals surface area contributed by atoms with Gasteiger partial charge in [-0.05, 0) is 42.3 Å². The van der Waals surface area contributed by atoms with Crippen LogP contribution in [0.5, 0.6) is 0 Å². The van der Waals surface area contributed by atoms with Crippen LogP contribution in [0.4, 0.5) is 5.69 Å². The lowest BCUT2D eigenvalue weighted by Crippen LogP contribution is -2.30. The number of anilines is 1. The second-order valence-electron chi connectivity index (χ2n) is 5.22. The molecule has 0 aliphatic heterocycles. The lowest BCUT2D eigenvalue weighted by atomic mass is 10.2. The second kappa shape index (κ2) is 8.75. The van der Waals surface area contributed by atoms with Crippen molar-refractivity contribution in [2.45, 2.75) is 12.8 Å². The van der Waals surface area contributed by atoms with Gasteiger partial charge in [0.15, 0.2) is 0 Å². The number of halogens is 2. The number of likely N-dealkylation sites (N-methyl/N-ethyl adjacent to an activating group) is 1. The minimum Gasteiger partial charge on any atom is -0.383 e. The maximum atomic E-state index is 12.1. The van der Waals surface area contributed by atoms with E-state index in [9.17, 15) is 4.79 Å². The van der Waals surface area contributed by atoms with Gasteiger partial charge in [-0.15, -0.1) is 0 Å². The molecule has 0 fully saturated rings. The first-order chi connectivity index (χ1) is 11.1. The van der Waals surface area contributed by atoms with Crippen molar-refractivity contribution in [3.8, 4) is 0 Å². The summed E-state index contributed by atoms with van der Waals surface area (Å²) in [4.78, 5) is 17.8. The second-order valence-corrected chi connectivity index (χ2v) is 6.07. The molecule has 0 saturated carbocycles. The lowest BCUT2D eigenvalue weighted by Gasteiger charge is -2.17. The standard InChI is InChI=1S/C17H19Cl2N3O/c1-22(11-7-13-4-8-20-9-5-13)17(23)6-10-21-16-12-14(18)2-3-15(16)19/h2-5,8-9,12,21H,6-7,10-11H2,1H3. The first-order valence-corrected chi connectivity index (χ1v) is 8.13. The molecule has 1 amide bonds. The summed E-state index contributed by atoms with van der Waals surface area (Å²) < 4.78 is 0. The number of carbonyl (C=O) groups is 1. The van der Waals surface area contributed by atoms with E-state index >= 15 is 0 Å². The smallest absolute Gasteiger partial charge is 0.224 e. The van der Waals surface area contributed by atoms with Crippen molar-refractivity contribution in [1.29, 1.82) is 0 Å². The third kappa shape index (κ3) is 5.73. The first-order valence-electron chi connectivity index (χ1n) is 7.38. The summed E-state index contributed by atoms with van der Waals surface area (Å²) in [5.74, 6) is 0.0877. The maximum absolute atomic E-state index is 12.1. The van der Waals surface area contributed by atoms with E-state index in [0.29, 0.717) is 29.6 Å². The summed E-state index contributed by atoms with van der Waals surface area (Å²) >= 11 is 12.0. The number of carbonyl (C=O) groups excluding carboxylic acids is 1. The number of rotatable bonds is 7. The fourth-order valence-corrected chi connectivity index (χ4v) is 2.46. The van der Waals surface area contributed by atoms with Crippen molar-refractivity contribution in [2.24, 2.45) is 0 Å². The molecule has 122 valence electrons. The Hall–Kier alpha value is -1.78. The highest BCUT2D eigenvalue weighted by atomic mass is 35.5. The highest BCUT2D eigenvalue weighted by Gasteiger charge is 2.09. The summed E-state index contributed by atoms with van der Waals surface area (Å²) in [6, 6.07) is 9.13. The predicted octanol–water partition coefficient (Wildman–Crippen LogP) is 3.89. The Bertz CT molecular complexity index is 650. The maximum Gasteiger partial charge on any atom is 0.224 e. The van der Waals surface area contributed by atoms with Gasteiger partial charge in [0.2, 0.25) is 5.91 Å². The van der Waals surface area contributed by atoms with Gasteiger partial charge in [-0.25, -0.2) is 0 Å². The summed E-state index contributed by atoms with van der Waals surface area (Å²) in [6.45, 7) is 1.19. The van der Waals surface area contributed by atoms with Gasteiger partial charge in [0.05, 0.1) is 10.7 Å². The highest BCUT2D eigenvalue weighted by Crippen LogP contribution is 2.25. The predicted molar refractivity (Wildman–Crippen MR) is 95.1 cm³/mol. The van der Waals surface area contributed by atoms with Gasteiger partial charge in [-0.1, -0.05) is 23.2 Å². The molecule has 4 nitrogen and oxygen atoms in total. The molecule has 0 aliphatic rings. The van der Waals surface area contributed by atoms with Crippen LogP contribution < -0.4 is 5.32 Å². The summed E-state index contributed by atoms with van der Waals surface area (Å²) in [6.07, 6.45) is 4.74. The van der Waals surface area contributed by atoms with Gasteiger partial charge < -0.3 is 10.2 Å². The van der Waals surface area contributed by atoms with Crippen LogP contribution in [0.25, 0.3) is 0 Å². The summed E-state index contributed by atoms with van der Waals surface area (Å²) in [5.41, 5.74) is 1.91. The van der Waals surface area contributed by atoms with Crippen molar-refractivity contribution >= 4 is 34.8 Å². The molecule has 0 unspecified atom stereocenters. The fraction of sp³-hybridized carbons (Fsp3) is 0.294. The average molecular weight is 352 g/mol. The quantitative estimate of drug-likeness (QED) is 0.822. The minimum atomic E-state index is 0.0877. The van der Waals surface area contributed by atoms with E-state index in [-0.39, 0.29) is 5.91 Å². The van der Waals surface area contributed by atoms with Crippen molar-refractivity contribution in [3.63, 3.8) is 0 Å². The van der Waals surface area contributed by atoms with Crippen LogP contribution in [0.1, 0.15) is 12.0 Å². The first kappa shape index (κ1) is 17.6. The molecule has 0 bridgehead atoms. The van der Waals surface area contributed by atoms with E-state index in [2.05, 4.69) is 10.3 Å². The van der Waals surface area contributed by atoms with Gasteiger partial charge in [-0.2, -0.15) is 0 Å². The van der Waals surface area contributed by atoms with Crippen molar-refractivity contribution in [3.05, 3.63) is 58.3 Å². The molecule has 0 spiro atoms. The lowest BCUT2D eigenvalue weighted by molar-refractivity contribution is -0.129. The van der Waals surface area contributed by atoms with Crippen LogP contribution in [0.2, 0.25) is 10.0 Å². The molecule has 1 aromatic heterocycles. The Morgan fingerprint density at radius 1 is 1.22 bits per heavy atom. The number of hydrogen-bond acceptors (Lipinski definition) is 3.